The van der Waals surface area contributed by atoms with Gasteiger partial charge in [0.05, 0.1) is 13.2 Å². The number of nitrogens with zero attached hydrogens (tertiary/aromatic N) is 3. The number of ether oxygens (including phenoxy) is 1. The first kappa shape index (κ1) is 16.5. The number of methoxy groups -OCH3 is 1. The Morgan fingerprint density at radius 2 is 2.09 bits per heavy atom. The Labute approximate surface area is 133 Å². The molecule has 0 saturated carbocycles. The molecule has 1 N–H and O–H groups in total. The lowest BCUT2D eigenvalue weighted by Gasteiger charge is -2.12. The summed E-state index contributed by atoms with van der Waals surface area (Å²) in [7, 11) is 1.63. The Morgan fingerprint density at radius 1 is 1.36 bits per heavy atom. The quantitative estimate of drug-likeness (QED) is 0.753. The van der Waals surface area contributed by atoms with Crippen molar-refractivity contribution in [2.24, 2.45) is 0 Å². The zero-order valence-corrected chi connectivity index (χ0v) is 13.4. The number of benzene rings is 1. The standard InChI is InChI=1S/C15H19N3O3S/c1-3-12(14(19)20)22-15-17-16-13(18(15)9-10-21-2)11-7-5-4-6-8-11/h4-8,12H,3,9-10H2,1-2H3,(H,19,20)/t12-/m0/s1. The highest BCUT2D eigenvalue weighted by Crippen LogP contribution is 2.28. The molecule has 0 unspecified atom stereocenters. The molecule has 7 heteroatoms. The van der Waals surface area contributed by atoms with Crippen LogP contribution in [0.1, 0.15) is 13.3 Å². The van der Waals surface area contributed by atoms with Crippen LogP contribution in [0.2, 0.25) is 0 Å². The van der Waals surface area contributed by atoms with Gasteiger partial charge in [0.15, 0.2) is 11.0 Å². The first-order valence-corrected chi connectivity index (χ1v) is 7.92. The van der Waals surface area contributed by atoms with Gasteiger partial charge in [-0.15, -0.1) is 10.2 Å². The molecule has 2 aromatic rings. The van der Waals surface area contributed by atoms with Gasteiger partial charge in [-0.3, -0.25) is 9.36 Å². The lowest BCUT2D eigenvalue weighted by molar-refractivity contribution is -0.136. The predicted octanol–water partition coefficient (Wildman–Crippen LogP) is 2.55. The van der Waals surface area contributed by atoms with Crippen LogP contribution in [0.5, 0.6) is 0 Å². The number of carbonyl (C=O) groups is 1. The van der Waals surface area contributed by atoms with Crippen LogP contribution in [0.15, 0.2) is 35.5 Å². The maximum absolute atomic E-state index is 11.2. The van der Waals surface area contributed by atoms with E-state index in [1.165, 1.54) is 11.8 Å². The highest BCUT2D eigenvalue weighted by Gasteiger charge is 2.22. The van der Waals surface area contributed by atoms with E-state index in [0.717, 1.165) is 11.4 Å². The van der Waals surface area contributed by atoms with Crippen molar-refractivity contribution in [2.45, 2.75) is 30.3 Å². The largest absolute Gasteiger partial charge is 0.480 e. The molecule has 1 atom stereocenters. The number of aliphatic carboxylic acids is 1. The van der Waals surface area contributed by atoms with E-state index in [0.29, 0.717) is 24.7 Å². The summed E-state index contributed by atoms with van der Waals surface area (Å²) in [5.41, 5.74) is 0.946. The first-order chi connectivity index (χ1) is 10.7. The van der Waals surface area contributed by atoms with Gasteiger partial charge in [-0.05, 0) is 6.42 Å². The number of rotatable bonds is 8. The lowest BCUT2D eigenvalue weighted by Crippen LogP contribution is -2.16. The molecular weight excluding hydrogens is 302 g/mol. The zero-order chi connectivity index (χ0) is 15.9. The average Bonchev–Trinajstić information content (AvgIpc) is 2.93. The van der Waals surface area contributed by atoms with E-state index in [9.17, 15) is 9.90 Å². The van der Waals surface area contributed by atoms with Crippen molar-refractivity contribution in [3.8, 4) is 11.4 Å². The van der Waals surface area contributed by atoms with Crippen LogP contribution in [0.25, 0.3) is 11.4 Å². The molecule has 0 radical (unpaired) electrons. The molecule has 0 bridgehead atoms. The van der Waals surface area contributed by atoms with Crippen molar-refractivity contribution in [2.75, 3.05) is 13.7 Å². The Bertz CT molecular complexity index is 616. The van der Waals surface area contributed by atoms with Crippen LogP contribution in [-0.4, -0.2) is 44.8 Å². The fourth-order valence-corrected chi connectivity index (χ4v) is 2.91. The van der Waals surface area contributed by atoms with Gasteiger partial charge in [0.25, 0.3) is 0 Å². The lowest BCUT2D eigenvalue weighted by atomic mass is 10.2. The van der Waals surface area contributed by atoms with Crippen LogP contribution in [0.4, 0.5) is 0 Å². The third-order valence-electron chi connectivity index (χ3n) is 3.16. The topological polar surface area (TPSA) is 77.2 Å². The number of hydrogen-bond donors (Lipinski definition) is 1. The smallest absolute Gasteiger partial charge is 0.317 e. The summed E-state index contributed by atoms with van der Waals surface area (Å²) < 4.78 is 7.05. The minimum atomic E-state index is -0.838. The van der Waals surface area contributed by atoms with Crippen molar-refractivity contribution in [1.29, 1.82) is 0 Å². The molecule has 0 spiro atoms. The molecule has 1 heterocycles. The molecule has 0 saturated heterocycles. The van der Waals surface area contributed by atoms with Gasteiger partial charge in [0.2, 0.25) is 0 Å². The van der Waals surface area contributed by atoms with E-state index in [1.54, 1.807) is 7.11 Å². The van der Waals surface area contributed by atoms with Crippen molar-refractivity contribution in [3.63, 3.8) is 0 Å². The van der Waals surface area contributed by atoms with E-state index in [1.807, 2.05) is 41.8 Å². The van der Waals surface area contributed by atoms with Gasteiger partial charge in [0.1, 0.15) is 5.25 Å². The predicted molar refractivity (Wildman–Crippen MR) is 84.9 cm³/mol. The number of hydrogen-bond acceptors (Lipinski definition) is 5. The van der Waals surface area contributed by atoms with Gasteiger partial charge in [-0.25, -0.2) is 0 Å². The minimum Gasteiger partial charge on any atom is -0.480 e. The Hall–Kier alpha value is -1.86. The zero-order valence-electron chi connectivity index (χ0n) is 12.6. The molecule has 0 aliphatic carbocycles. The SMILES string of the molecule is CC[C@H](Sc1nnc(-c2ccccc2)n1CCOC)C(=O)O. The number of carboxylic acid groups (broad SMARTS) is 1. The van der Waals surface area contributed by atoms with Crippen molar-refractivity contribution >= 4 is 17.7 Å². The summed E-state index contributed by atoms with van der Waals surface area (Å²) in [6.45, 7) is 2.93. The third-order valence-corrected chi connectivity index (χ3v) is 4.49. The molecule has 2 rings (SSSR count). The molecule has 0 aliphatic heterocycles. The summed E-state index contributed by atoms with van der Waals surface area (Å²) in [5.74, 6) is -0.115. The highest BCUT2D eigenvalue weighted by atomic mass is 32.2. The molecule has 1 aromatic carbocycles. The summed E-state index contributed by atoms with van der Waals surface area (Å²) in [4.78, 5) is 11.2. The molecule has 0 amide bonds. The third kappa shape index (κ3) is 3.86. The van der Waals surface area contributed by atoms with E-state index >= 15 is 0 Å². The van der Waals surface area contributed by atoms with E-state index in [2.05, 4.69) is 10.2 Å². The Morgan fingerprint density at radius 3 is 2.68 bits per heavy atom. The summed E-state index contributed by atoms with van der Waals surface area (Å²) in [5, 5.41) is 17.7. The maximum Gasteiger partial charge on any atom is 0.317 e. The van der Waals surface area contributed by atoms with Crippen LogP contribution in [-0.2, 0) is 16.1 Å². The Balaban J connectivity index is 2.34. The molecule has 0 fully saturated rings. The molecule has 22 heavy (non-hydrogen) atoms. The van der Waals surface area contributed by atoms with Gasteiger partial charge >= 0.3 is 5.97 Å². The van der Waals surface area contributed by atoms with Gasteiger partial charge < -0.3 is 9.84 Å². The molecule has 118 valence electrons. The molecule has 1 aromatic heterocycles. The molecular formula is C15H19N3O3S. The minimum absolute atomic E-state index is 0.509. The van der Waals surface area contributed by atoms with Crippen molar-refractivity contribution in [3.05, 3.63) is 30.3 Å². The van der Waals surface area contributed by atoms with E-state index in [-0.39, 0.29) is 0 Å². The summed E-state index contributed by atoms with van der Waals surface area (Å²) in [6, 6.07) is 9.71. The van der Waals surface area contributed by atoms with Crippen LogP contribution in [0, 0.1) is 0 Å². The Kier molecular flexibility index (Phi) is 5.97. The van der Waals surface area contributed by atoms with Crippen LogP contribution < -0.4 is 0 Å². The maximum atomic E-state index is 11.2. The summed E-state index contributed by atoms with van der Waals surface area (Å²) >= 11 is 1.22. The van der Waals surface area contributed by atoms with Gasteiger partial charge in [0, 0.05) is 12.7 Å². The second-order valence-electron chi connectivity index (χ2n) is 4.67. The van der Waals surface area contributed by atoms with Crippen molar-refractivity contribution < 1.29 is 14.6 Å². The monoisotopic (exact) mass is 321 g/mol. The van der Waals surface area contributed by atoms with Crippen LogP contribution in [0.3, 0.4) is 0 Å². The number of thioether (sulfide) groups is 1. The van der Waals surface area contributed by atoms with Gasteiger partial charge in [-0.1, -0.05) is 49.0 Å². The second-order valence-corrected chi connectivity index (χ2v) is 5.84. The normalized spacial score (nSPS) is 12.3. The van der Waals surface area contributed by atoms with E-state index < -0.39 is 11.2 Å². The molecule has 0 aliphatic rings. The highest BCUT2D eigenvalue weighted by molar-refractivity contribution is 8.00. The average molecular weight is 321 g/mol. The number of carboxylic acids is 1. The summed E-state index contributed by atoms with van der Waals surface area (Å²) in [6.07, 6.45) is 0.526. The number of aromatic nitrogens is 3. The second kappa shape index (κ2) is 7.95. The fraction of sp³-hybridized carbons (Fsp3) is 0.400. The van der Waals surface area contributed by atoms with Crippen LogP contribution >= 0.6 is 11.8 Å². The van der Waals surface area contributed by atoms with Gasteiger partial charge in [-0.2, -0.15) is 0 Å². The fourth-order valence-electron chi connectivity index (χ4n) is 2.00. The molecule has 6 nitrogen and oxygen atoms in total. The van der Waals surface area contributed by atoms with E-state index in [4.69, 9.17) is 4.74 Å². The first-order valence-electron chi connectivity index (χ1n) is 7.04. The van der Waals surface area contributed by atoms with Crippen molar-refractivity contribution in [1.82, 2.24) is 14.8 Å².